The highest BCUT2D eigenvalue weighted by molar-refractivity contribution is 6.25. The number of halogens is 1. The topological polar surface area (TPSA) is 89.9 Å². The Hall–Kier alpha value is -1.66. The quantitative estimate of drug-likeness (QED) is 0.845. The highest BCUT2D eigenvalue weighted by Crippen LogP contribution is 2.15. The molecule has 6 nitrogen and oxygen atoms in total. The number of aryl methyl sites for hydroxylation is 1. The van der Waals surface area contributed by atoms with Crippen LogP contribution in [0.5, 0.6) is 0 Å². The van der Waals surface area contributed by atoms with Crippen molar-refractivity contribution < 1.29 is 5.11 Å². The molecule has 2 heterocycles. The van der Waals surface area contributed by atoms with E-state index in [0.29, 0.717) is 29.9 Å². The number of nitrogens with two attached hydrogens (primary N) is 1. The fourth-order valence-electron chi connectivity index (χ4n) is 1.49. The molecule has 0 aromatic carbocycles. The van der Waals surface area contributed by atoms with Crippen molar-refractivity contribution in [2.75, 3.05) is 12.3 Å². The Balaban J connectivity index is 2.23. The van der Waals surface area contributed by atoms with Crippen LogP contribution in [0.4, 0.5) is 5.82 Å². The predicted octanol–water partition coefficient (Wildman–Crippen LogP) is 0.914. The maximum Gasteiger partial charge on any atom is 0.165 e. The fraction of sp³-hybridized carbons (Fsp3) is 0.300. The molecule has 2 rings (SSSR count). The zero-order chi connectivity index (χ0) is 12.3. The first-order valence-electron chi connectivity index (χ1n) is 5.06. The van der Waals surface area contributed by atoms with E-state index < -0.39 is 0 Å². The molecule has 3 N–H and O–H groups in total. The summed E-state index contributed by atoms with van der Waals surface area (Å²) in [6.07, 6.45) is 3.69. The van der Waals surface area contributed by atoms with Crippen LogP contribution in [-0.2, 0) is 6.54 Å². The Morgan fingerprint density at radius 2 is 2.29 bits per heavy atom. The maximum atomic E-state index is 8.99. The molecule has 90 valence electrons. The van der Waals surface area contributed by atoms with Gasteiger partial charge in [-0.25, -0.2) is 15.0 Å². The summed E-state index contributed by atoms with van der Waals surface area (Å²) in [6.45, 7) is 0.583. The molecule has 0 atom stereocenters. The Kier molecular flexibility index (Phi) is 3.55. The number of imidazole rings is 1. The lowest BCUT2D eigenvalue weighted by molar-refractivity contribution is 0.325. The van der Waals surface area contributed by atoms with Crippen molar-refractivity contribution in [2.45, 2.75) is 13.0 Å². The van der Waals surface area contributed by atoms with Gasteiger partial charge in [-0.15, -0.1) is 0 Å². The van der Waals surface area contributed by atoms with E-state index in [9.17, 15) is 0 Å². The van der Waals surface area contributed by atoms with Gasteiger partial charge in [0.1, 0.15) is 11.8 Å². The van der Waals surface area contributed by atoms with Gasteiger partial charge >= 0.3 is 0 Å². The standard InChI is InChI=1S/C10H12ClN5O/c11-3-7(4-17)1-2-16-6-15-8-9(12)13-5-14-10(8)16/h3,5-6,17H,1-2,4H2,(H2,12,13,14)/b7-3-. The third kappa shape index (κ3) is 2.37. The van der Waals surface area contributed by atoms with Crippen LogP contribution in [0.15, 0.2) is 23.8 Å². The van der Waals surface area contributed by atoms with Crippen LogP contribution in [0.1, 0.15) is 6.42 Å². The second-order valence-electron chi connectivity index (χ2n) is 3.54. The average Bonchev–Trinajstić information content (AvgIpc) is 2.75. The number of hydrogen-bond acceptors (Lipinski definition) is 5. The molecule has 0 spiro atoms. The molecule has 0 saturated carbocycles. The van der Waals surface area contributed by atoms with Crippen LogP contribution >= 0.6 is 11.6 Å². The average molecular weight is 254 g/mol. The number of aromatic nitrogens is 4. The van der Waals surface area contributed by atoms with E-state index in [4.69, 9.17) is 22.4 Å². The van der Waals surface area contributed by atoms with E-state index in [1.807, 2.05) is 4.57 Å². The van der Waals surface area contributed by atoms with Crippen LogP contribution in [0, 0.1) is 0 Å². The first-order chi connectivity index (χ1) is 8.26. The largest absolute Gasteiger partial charge is 0.392 e. The number of rotatable bonds is 4. The zero-order valence-electron chi connectivity index (χ0n) is 9.04. The van der Waals surface area contributed by atoms with Gasteiger partial charge in [0.2, 0.25) is 0 Å². The van der Waals surface area contributed by atoms with Gasteiger partial charge in [0.05, 0.1) is 12.9 Å². The van der Waals surface area contributed by atoms with Crippen molar-refractivity contribution in [2.24, 2.45) is 0 Å². The predicted molar refractivity (Wildman–Crippen MR) is 65.4 cm³/mol. The lowest BCUT2D eigenvalue weighted by Gasteiger charge is -2.04. The number of aliphatic hydroxyl groups is 1. The Morgan fingerprint density at radius 1 is 1.47 bits per heavy atom. The maximum absolute atomic E-state index is 8.99. The van der Waals surface area contributed by atoms with Crippen molar-refractivity contribution in [3.05, 3.63) is 23.8 Å². The minimum absolute atomic E-state index is 0.0484. The van der Waals surface area contributed by atoms with Crippen LogP contribution in [0.25, 0.3) is 11.2 Å². The summed E-state index contributed by atoms with van der Waals surface area (Å²) in [7, 11) is 0. The minimum Gasteiger partial charge on any atom is -0.392 e. The molecule has 0 unspecified atom stereocenters. The Bertz CT molecular complexity index is 551. The van der Waals surface area contributed by atoms with Gasteiger partial charge in [0, 0.05) is 12.1 Å². The van der Waals surface area contributed by atoms with Gasteiger partial charge in [0.15, 0.2) is 11.5 Å². The van der Waals surface area contributed by atoms with E-state index in [1.54, 1.807) is 6.33 Å². The van der Waals surface area contributed by atoms with Crippen molar-refractivity contribution in [3.63, 3.8) is 0 Å². The Labute approximate surface area is 103 Å². The summed E-state index contributed by atoms with van der Waals surface area (Å²) in [4.78, 5) is 12.1. The summed E-state index contributed by atoms with van der Waals surface area (Å²) < 4.78 is 1.85. The first-order valence-corrected chi connectivity index (χ1v) is 5.50. The van der Waals surface area contributed by atoms with E-state index in [0.717, 1.165) is 5.57 Å². The minimum atomic E-state index is -0.0484. The van der Waals surface area contributed by atoms with Crippen molar-refractivity contribution in [3.8, 4) is 0 Å². The third-order valence-corrected chi connectivity index (χ3v) is 2.77. The number of nitrogen functional groups attached to an aromatic ring is 1. The number of anilines is 1. The molecule has 0 fully saturated rings. The normalized spacial score (nSPS) is 12.2. The van der Waals surface area contributed by atoms with Gasteiger partial charge in [-0.2, -0.15) is 0 Å². The van der Waals surface area contributed by atoms with Gasteiger partial charge in [-0.1, -0.05) is 11.6 Å². The van der Waals surface area contributed by atoms with Crippen LogP contribution < -0.4 is 5.73 Å². The molecule has 0 saturated heterocycles. The number of aliphatic hydroxyl groups excluding tert-OH is 1. The van der Waals surface area contributed by atoms with E-state index in [2.05, 4.69) is 15.0 Å². The highest BCUT2D eigenvalue weighted by atomic mass is 35.5. The van der Waals surface area contributed by atoms with E-state index >= 15 is 0 Å². The van der Waals surface area contributed by atoms with Crippen molar-refractivity contribution >= 4 is 28.6 Å². The molecule has 2 aromatic rings. The molecule has 17 heavy (non-hydrogen) atoms. The molecule has 0 aliphatic heterocycles. The van der Waals surface area contributed by atoms with Crippen LogP contribution in [0.3, 0.4) is 0 Å². The number of fused-ring (bicyclic) bond motifs is 1. The van der Waals surface area contributed by atoms with Gasteiger partial charge in [-0.05, 0) is 12.0 Å². The van der Waals surface area contributed by atoms with Crippen LogP contribution in [-0.4, -0.2) is 31.2 Å². The van der Waals surface area contributed by atoms with E-state index in [-0.39, 0.29) is 6.61 Å². The molecule has 0 bridgehead atoms. The third-order valence-electron chi connectivity index (χ3n) is 2.46. The molecule has 0 amide bonds. The summed E-state index contributed by atoms with van der Waals surface area (Å²) in [5, 5.41) is 8.99. The van der Waals surface area contributed by atoms with Gasteiger partial charge in [0.25, 0.3) is 0 Å². The smallest absolute Gasteiger partial charge is 0.165 e. The molecule has 0 aliphatic rings. The lowest BCUT2D eigenvalue weighted by atomic mass is 10.2. The Morgan fingerprint density at radius 3 is 3.00 bits per heavy atom. The summed E-state index contributed by atoms with van der Waals surface area (Å²) in [5.74, 6) is 0.365. The second kappa shape index (κ2) is 5.11. The van der Waals surface area contributed by atoms with E-state index in [1.165, 1.54) is 11.9 Å². The fourth-order valence-corrected chi connectivity index (χ4v) is 1.67. The SMILES string of the molecule is Nc1ncnc2c1ncn2CC/C(=C/Cl)CO. The van der Waals surface area contributed by atoms with Crippen molar-refractivity contribution in [1.29, 1.82) is 0 Å². The lowest BCUT2D eigenvalue weighted by Crippen LogP contribution is -2.02. The molecular weight excluding hydrogens is 242 g/mol. The molecular formula is C10H12ClN5O. The second-order valence-corrected chi connectivity index (χ2v) is 3.76. The van der Waals surface area contributed by atoms with Gasteiger partial charge in [-0.3, -0.25) is 0 Å². The first kappa shape index (κ1) is 11.8. The zero-order valence-corrected chi connectivity index (χ0v) is 9.80. The summed E-state index contributed by atoms with van der Waals surface area (Å²) >= 11 is 5.56. The number of nitrogens with zero attached hydrogens (tertiary/aromatic N) is 4. The van der Waals surface area contributed by atoms with Gasteiger partial charge < -0.3 is 15.4 Å². The highest BCUT2D eigenvalue weighted by Gasteiger charge is 2.07. The molecule has 7 heteroatoms. The number of hydrogen-bond donors (Lipinski definition) is 2. The van der Waals surface area contributed by atoms with Crippen molar-refractivity contribution in [1.82, 2.24) is 19.5 Å². The molecule has 0 aliphatic carbocycles. The summed E-state index contributed by atoms with van der Waals surface area (Å²) in [6, 6.07) is 0. The molecule has 2 aromatic heterocycles. The molecule has 0 radical (unpaired) electrons. The van der Waals surface area contributed by atoms with Crippen LogP contribution in [0.2, 0.25) is 0 Å². The monoisotopic (exact) mass is 253 g/mol. The summed E-state index contributed by atoms with van der Waals surface area (Å²) in [5.41, 5.74) is 9.10.